The molecule has 1 amide bonds. The highest BCUT2D eigenvalue weighted by molar-refractivity contribution is 5.91. The van der Waals surface area contributed by atoms with Crippen molar-refractivity contribution < 1.29 is 18.3 Å². The van der Waals surface area contributed by atoms with Gasteiger partial charge in [-0.1, -0.05) is 11.3 Å². The van der Waals surface area contributed by atoms with Crippen molar-refractivity contribution in [3.8, 4) is 5.75 Å². The maximum atomic E-state index is 13.8. The maximum Gasteiger partial charge on any atom is 0.246 e. The molecule has 0 atom stereocenters. The number of aromatic nitrogens is 5. The monoisotopic (exact) mass is 539 g/mol. The largest absolute Gasteiger partial charge is 0.493 e. The van der Waals surface area contributed by atoms with Crippen LogP contribution >= 0.6 is 0 Å². The van der Waals surface area contributed by atoms with Gasteiger partial charge >= 0.3 is 0 Å². The third-order valence-corrected chi connectivity index (χ3v) is 5.81. The Morgan fingerprint density at radius 1 is 1.08 bits per heavy atom. The maximum absolute atomic E-state index is 13.8. The Kier molecular flexibility index (Phi) is 9.28. The lowest BCUT2D eigenvalue weighted by molar-refractivity contribution is -0.117. The van der Waals surface area contributed by atoms with Gasteiger partial charge in [0.05, 0.1) is 24.0 Å². The molecule has 11 nitrogen and oxygen atoms in total. The normalized spacial score (nSPS) is 11.4. The summed E-state index contributed by atoms with van der Waals surface area (Å²) in [5, 5.41) is 14.1. The Bertz CT molecular complexity index is 1410. The number of fused-ring (bicyclic) bond motifs is 1. The molecule has 0 radical (unpaired) electrons. The predicted molar refractivity (Wildman–Crippen MR) is 144 cm³/mol. The second kappa shape index (κ2) is 13.0. The van der Waals surface area contributed by atoms with Gasteiger partial charge in [0.15, 0.2) is 17.5 Å². The molecule has 0 aliphatic rings. The van der Waals surface area contributed by atoms with E-state index in [2.05, 4.69) is 61.9 Å². The first-order chi connectivity index (χ1) is 18.8. The first-order valence-corrected chi connectivity index (χ1v) is 12.4. The highest BCUT2D eigenvalue weighted by atomic mass is 19.2. The third kappa shape index (κ3) is 7.88. The number of anilines is 3. The van der Waals surface area contributed by atoms with Crippen LogP contribution in [0, 0.1) is 11.6 Å². The van der Waals surface area contributed by atoms with E-state index in [0.717, 1.165) is 43.3 Å². The van der Waals surface area contributed by atoms with Gasteiger partial charge in [0.2, 0.25) is 5.91 Å². The number of benzene rings is 2. The molecule has 0 bridgehead atoms. The van der Waals surface area contributed by atoms with E-state index in [-0.39, 0.29) is 12.2 Å². The summed E-state index contributed by atoms with van der Waals surface area (Å²) < 4.78 is 34.3. The molecule has 0 aliphatic heterocycles. The number of rotatable bonds is 13. The molecule has 2 heterocycles. The number of amides is 1. The van der Waals surface area contributed by atoms with Gasteiger partial charge in [-0.2, -0.15) is 0 Å². The smallest absolute Gasteiger partial charge is 0.246 e. The third-order valence-electron chi connectivity index (χ3n) is 5.81. The zero-order chi connectivity index (χ0) is 27.8. The summed E-state index contributed by atoms with van der Waals surface area (Å²) in [7, 11) is 6.23. The lowest BCUT2D eigenvalue weighted by atomic mass is 10.2. The number of halogens is 2. The molecule has 0 spiro atoms. The molecule has 13 heteroatoms. The van der Waals surface area contributed by atoms with Crippen molar-refractivity contribution in [1.82, 2.24) is 34.8 Å². The lowest BCUT2D eigenvalue weighted by Gasteiger charge is -2.19. The Labute approximate surface area is 224 Å². The fourth-order valence-corrected chi connectivity index (χ4v) is 3.72. The van der Waals surface area contributed by atoms with Crippen LogP contribution in [0.4, 0.5) is 26.1 Å². The number of nitrogens with one attached hydrogen (secondary N) is 2. The summed E-state index contributed by atoms with van der Waals surface area (Å²) in [5.74, 6) is -1.19. The van der Waals surface area contributed by atoms with E-state index < -0.39 is 17.5 Å². The number of likely N-dealkylation sites (N-methyl/N-ethyl adjacent to an activating group) is 2. The minimum absolute atomic E-state index is 0.249. The molecular weight excluding hydrogens is 508 g/mol. The van der Waals surface area contributed by atoms with Gasteiger partial charge < -0.3 is 25.2 Å². The average Bonchev–Trinajstić information content (AvgIpc) is 3.34. The fraction of sp³-hybridized carbons (Fsp3) is 0.346. The van der Waals surface area contributed by atoms with E-state index in [4.69, 9.17) is 4.74 Å². The molecule has 2 aromatic carbocycles. The van der Waals surface area contributed by atoms with E-state index >= 15 is 0 Å². The Morgan fingerprint density at radius 3 is 2.74 bits per heavy atom. The molecule has 0 aliphatic carbocycles. The number of hydrogen-bond donors (Lipinski definition) is 2. The van der Waals surface area contributed by atoms with Crippen LogP contribution in [0.15, 0.2) is 48.9 Å². The Hall–Kier alpha value is -4.23. The van der Waals surface area contributed by atoms with Crippen LogP contribution in [0.5, 0.6) is 5.75 Å². The summed E-state index contributed by atoms with van der Waals surface area (Å²) >= 11 is 0. The van der Waals surface area contributed by atoms with Crippen LogP contribution in [0.1, 0.15) is 6.42 Å². The second-order valence-corrected chi connectivity index (χ2v) is 9.29. The van der Waals surface area contributed by atoms with Crippen molar-refractivity contribution in [3.63, 3.8) is 0 Å². The van der Waals surface area contributed by atoms with Crippen molar-refractivity contribution in [3.05, 3.63) is 60.6 Å². The first kappa shape index (κ1) is 27.8. The molecule has 4 aromatic rings. The van der Waals surface area contributed by atoms with Gasteiger partial charge in [-0.05, 0) is 51.8 Å². The minimum Gasteiger partial charge on any atom is -0.493 e. The molecule has 0 saturated carbocycles. The summed E-state index contributed by atoms with van der Waals surface area (Å²) in [5.41, 5.74) is 0.443. The summed E-state index contributed by atoms with van der Waals surface area (Å²) in [6, 6.07) is 9.12. The zero-order valence-electron chi connectivity index (χ0n) is 22.1. The quantitative estimate of drug-likeness (QED) is 0.247. The van der Waals surface area contributed by atoms with Crippen molar-refractivity contribution in [2.24, 2.45) is 0 Å². The van der Waals surface area contributed by atoms with Gasteiger partial charge in [-0.25, -0.2) is 23.4 Å². The topological polar surface area (TPSA) is 113 Å². The lowest BCUT2D eigenvalue weighted by Crippen LogP contribution is -2.29. The number of ether oxygens (including phenoxy) is 1. The minimum atomic E-state index is -1.13. The number of hydrogen-bond acceptors (Lipinski definition) is 9. The summed E-state index contributed by atoms with van der Waals surface area (Å²) in [4.78, 5) is 25.3. The van der Waals surface area contributed by atoms with Crippen molar-refractivity contribution in [2.45, 2.75) is 13.0 Å². The van der Waals surface area contributed by atoms with Crippen LogP contribution in [0.25, 0.3) is 10.9 Å². The Balaban J connectivity index is 1.32. The molecule has 2 aromatic heterocycles. The van der Waals surface area contributed by atoms with Crippen LogP contribution in [0.3, 0.4) is 0 Å². The van der Waals surface area contributed by atoms with Crippen molar-refractivity contribution in [2.75, 3.05) is 58.0 Å². The summed E-state index contributed by atoms with van der Waals surface area (Å²) in [6.45, 7) is 3.31. The van der Waals surface area contributed by atoms with E-state index in [9.17, 15) is 13.6 Å². The molecule has 0 fully saturated rings. The van der Waals surface area contributed by atoms with E-state index in [1.807, 2.05) is 18.2 Å². The first-order valence-electron chi connectivity index (χ1n) is 12.4. The van der Waals surface area contributed by atoms with Gasteiger partial charge in [0, 0.05) is 31.1 Å². The molecule has 206 valence electrons. The number of nitrogens with zero attached hydrogens (tertiary/aromatic N) is 7. The van der Waals surface area contributed by atoms with Gasteiger partial charge in [-0.3, -0.25) is 4.79 Å². The Morgan fingerprint density at radius 2 is 1.92 bits per heavy atom. The standard InChI is InChI=1S/C26H31F2N9O2/c1-35(2)11-12-36(3)10-5-13-39-18-8-9-19-22(14-18)29-17-30-26(19)32-23-15-37(34-33-23)16-24(38)31-21-7-4-6-20(27)25(21)28/h4,6-9,14-15,17H,5,10-13,16H2,1-3H3,(H,31,38)(H,29,30,32). The molecule has 2 N–H and O–H groups in total. The van der Waals surface area contributed by atoms with Crippen LogP contribution in [-0.4, -0.2) is 88.1 Å². The van der Waals surface area contributed by atoms with Gasteiger partial charge in [-0.15, -0.1) is 5.10 Å². The molecule has 4 rings (SSSR count). The van der Waals surface area contributed by atoms with E-state index in [1.54, 1.807) is 0 Å². The van der Waals surface area contributed by atoms with Crippen LogP contribution in [0.2, 0.25) is 0 Å². The van der Waals surface area contributed by atoms with E-state index in [1.165, 1.54) is 29.3 Å². The van der Waals surface area contributed by atoms with Crippen molar-refractivity contribution >= 4 is 34.1 Å². The zero-order valence-corrected chi connectivity index (χ0v) is 22.1. The average molecular weight is 540 g/mol. The van der Waals surface area contributed by atoms with Crippen LogP contribution in [-0.2, 0) is 11.3 Å². The van der Waals surface area contributed by atoms with Crippen molar-refractivity contribution in [1.29, 1.82) is 0 Å². The molecule has 39 heavy (non-hydrogen) atoms. The van der Waals surface area contributed by atoms with Crippen LogP contribution < -0.4 is 15.4 Å². The van der Waals surface area contributed by atoms with Gasteiger partial charge in [0.25, 0.3) is 0 Å². The van der Waals surface area contributed by atoms with E-state index in [0.29, 0.717) is 23.8 Å². The molecule has 0 unspecified atom stereocenters. The summed E-state index contributed by atoms with van der Waals surface area (Å²) in [6.07, 6.45) is 3.84. The molecular formula is C26H31F2N9O2. The number of carbonyl (C=O) groups is 1. The molecule has 0 saturated heterocycles. The fourth-order valence-electron chi connectivity index (χ4n) is 3.72. The SMILES string of the molecule is CN(C)CCN(C)CCCOc1ccc2c(Nc3cn(CC(=O)Nc4cccc(F)c4F)nn3)ncnc2c1. The second-order valence-electron chi connectivity index (χ2n) is 9.29. The number of carbonyl (C=O) groups excluding carboxylic acids is 1. The highest BCUT2D eigenvalue weighted by Gasteiger charge is 2.13. The highest BCUT2D eigenvalue weighted by Crippen LogP contribution is 2.25. The van der Waals surface area contributed by atoms with Gasteiger partial charge in [0.1, 0.15) is 24.4 Å². The predicted octanol–water partition coefficient (Wildman–Crippen LogP) is 3.14.